The van der Waals surface area contributed by atoms with E-state index in [1.54, 1.807) is 4.90 Å². The first-order valence-electron chi connectivity index (χ1n) is 12.0. The number of fused-ring (bicyclic) bond motifs is 1. The Bertz CT molecular complexity index is 1130. The summed E-state index contributed by atoms with van der Waals surface area (Å²) in [6.07, 6.45) is -12.0. The van der Waals surface area contributed by atoms with Crippen LogP contribution in [0.15, 0.2) is 36.4 Å². The largest absolute Gasteiger partial charge is 0.416 e. The van der Waals surface area contributed by atoms with Crippen LogP contribution < -0.4 is 0 Å². The third-order valence-electron chi connectivity index (χ3n) is 7.38. The molecular formula is C27H29F6NO3. The maximum Gasteiger partial charge on any atom is 0.416 e. The summed E-state index contributed by atoms with van der Waals surface area (Å²) in [5.41, 5.74) is -0.154. The van der Waals surface area contributed by atoms with Crippen molar-refractivity contribution in [2.45, 2.75) is 58.4 Å². The van der Waals surface area contributed by atoms with Crippen LogP contribution in [-0.4, -0.2) is 36.8 Å². The molecule has 0 bridgehead atoms. The molecule has 2 fully saturated rings. The number of halogens is 6. The van der Waals surface area contributed by atoms with E-state index in [1.165, 1.54) is 13.8 Å². The number of likely N-dealkylation sites (tertiary alicyclic amines) is 1. The summed E-state index contributed by atoms with van der Waals surface area (Å²) in [7, 11) is 0. The number of amides is 1. The predicted octanol–water partition coefficient (Wildman–Crippen LogP) is 6.65. The lowest BCUT2D eigenvalue weighted by molar-refractivity contribution is -0.217. The van der Waals surface area contributed by atoms with Gasteiger partial charge in [-0.1, -0.05) is 23.8 Å². The van der Waals surface area contributed by atoms with E-state index < -0.39 is 35.9 Å². The van der Waals surface area contributed by atoms with Crippen molar-refractivity contribution in [3.8, 4) is 0 Å². The predicted molar refractivity (Wildman–Crippen MR) is 124 cm³/mol. The van der Waals surface area contributed by atoms with Crippen molar-refractivity contribution in [2.24, 2.45) is 11.8 Å². The van der Waals surface area contributed by atoms with Gasteiger partial charge in [0.2, 0.25) is 5.91 Å². The molecule has 4 nitrogen and oxygen atoms in total. The number of aryl methyl sites for hydroxylation is 2. The molecular weight excluding hydrogens is 500 g/mol. The zero-order valence-corrected chi connectivity index (χ0v) is 20.9. The summed E-state index contributed by atoms with van der Waals surface area (Å²) in [6.45, 7) is 8.03. The Hall–Kier alpha value is -2.59. The van der Waals surface area contributed by atoms with E-state index in [4.69, 9.17) is 9.47 Å². The second-order valence-corrected chi connectivity index (χ2v) is 10.1. The van der Waals surface area contributed by atoms with Crippen LogP contribution >= 0.6 is 0 Å². The summed E-state index contributed by atoms with van der Waals surface area (Å²) in [5, 5.41) is 0. The van der Waals surface area contributed by atoms with Crippen LogP contribution in [0, 0.1) is 25.7 Å². The third kappa shape index (κ3) is 5.80. The van der Waals surface area contributed by atoms with Crippen LogP contribution in [0.2, 0.25) is 0 Å². The van der Waals surface area contributed by atoms with E-state index >= 15 is 0 Å². The number of hydrogen-bond donors (Lipinski definition) is 0. The quantitative estimate of drug-likeness (QED) is 0.416. The lowest BCUT2D eigenvalue weighted by Crippen LogP contribution is -2.42. The summed E-state index contributed by atoms with van der Waals surface area (Å²) < 4.78 is 92.6. The molecule has 2 aromatic carbocycles. The van der Waals surface area contributed by atoms with E-state index in [0.29, 0.717) is 25.2 Å². The van der Waals surface area contributed by atoms with Gasteiger partial charge in [0, 0.05) is 31.8 Å². The number of carbonyl (C=O) groups excluding carboxylic acids is 1. The van der Waals surface area contributed by atoms with E-state index in [1.807, 2.05) is 32.0 Å². The lowest BCUT2D eigenvalue weighted by Gasteiger charge is -2.41. The fourth-order valence-electron chi connectivity index (χ4n) is 5.37. The number of ether oxygens (including phenoxy) is 2. The number of alkyl halides is 6. The van der Waals surface area contributed by atoms with Gasteiger partial charge >= 0.3 is 12.4 Å². The Balaban J connectivity index is 1.70. The Morgan fingerprint density at radius 2 is 1.62 bits per heavy atom. The van der Waals surface area contributed by atoms with Gasteiger partial charge in [0.25, 0.3) is 0 Å². The second kappa shape index (κ2) is 9.94. The van der Waals surface area contributed by atoms with Crippen molar-refractivity contribution in [3.63, 3.8) is 0 Å². The molecule has 4 rings (SSSR count). The third-order valence-corrected chi connectivity index (χ3v) is 7.38. The Kier molecular flexibility index (Phi) is 7.38. The molecule has 0 unspecified atom stereocenters. The molecule has 0 spiro atoms. The molecule has 2 aromatic rings. The minimum atomic E-state index is -4.95. The molecule has 37 heavy (non-hydrogen) atoms. The first-order chi connectivity index (χ1) is 17.1. The highest BCUT2D eigenvalue weighted by molar-refractivity contribution is 5.73. The number of nitrogens with zero attached hydrogens (tertiary/aromatic N) is 1. The molecule has 2 heterocycles. The van der Waals surface area contributed by atoms with Crippen molar-refractivity contribution in [1.82, 2.24) is 4.90 Å². The molecule has 0 radical (unpaired) electrons. The molecule has 2 aliphatic heterocycles. The monoisotopic (exact) mass is 529 g/mol. The van der Waals surface area contributed by atoms with Gasteiger partial charge in [-0.05, 0) is 61.6 Å². The molecule has 5 atom stereocenters. The number of benzene rings is 2. The van der Waals surface area contributed by atoms with Gasteiger partial charge in [0.15, 0.2) is 6.29 Å². The average molecular weight is 530 g/mol. The van der Waals surface area contributed by atoms with Crippen LogP contribution in [0.25, 0.3) is 0 Å². The maximum atomic E-state index is 13.4. The van der Waals surface area contributed by atoms with E-state index in [2.05, 4.69) is 0 Å². The summed E-state index contributed by atoms with van der Waals surface area (Å²) >= 11 is 0. The van der Waals surface area contributed by atoms with Crippen LogP contribution in [0.4, 0.5) is 26.3 Å². The molecule has 0 saturated carbocycles. The SMILES string of the molecule is CC(=O)N1C[C@H]2CO[C@H](O[C@H](C)c3cc(C(F)(F)F)cc(C(F)(F)F)c3)[C@@H](c3cc(C)ccc3C)[C@@H]2C1. The van der Waals surface area contributed by atoms with Crippen molar-refractivity contribution < 1.29 is 40.6 Å². The number of carbonyl (C=O) groups is 1. The fourth-order valence-corrected chi connectivity index (χ4v) is 5.37. The topological polar surface area (TPSA) is 38.8 Å². The molecule has 0 aromatic heterocycles. The second-order valence-electron chi connectivity index (χ2n) is 10.1. The highest BCUT2D eigenvalue weighted by Crippen LogP contribution is 2.46. The van der Waals surface area contributed by atoms with Crippen LogP contribution in [0.5, 0.6) is 0 Å². The Morgan fingerprint density at radius 3 is 2.19 bits per heavy atom. The minimum Gasteiger partial charge on any atom is -0.352 e. The van der Waals surface area contributed by atoms with E-state index in [0.717, 1.165) is 16.7 Å². The van der Waals surface area contributed by atoms with Gasteiger partial charge < -0.3 is 14.4 Å². The van der Waals surface area contributed by atoms with Crippen molar-refractivity contribution in [2.75, 3.05) is 19.7 Å². The summed E-state index contributed by atoms with van der Waals surface area (Å²) in [6, 6.07) is 7.38. The zero-order valence-electron chi connectivity index (χ0n) is 20.9. The van der Waals surface area contributed by atoms with Gasteiger partial charge in [-0.3, -0.25) is 4.79 Å². The van der Waals surface area contributed by atoms with Crippen molar-refractivity contribution in [1.29, 1.82) is 0 Å². The van der Waals surface area contributed by atoms with Gasteiger partial charge in [-0.25, -0.2) is 0 Å². The normalized spacial score (nSPS) is 25.2. The maximum absolute atomic E-state index is 13.4. The van der Waals surface area contributed by atoms with Gasteiger partial charge in [-0.15, -0.1) is 0 Å². The number of rotatable bonds is 4. The Labute approximate surface area is 211 Å². The molecule has 0 N–H and O–H groups in total. The summed E-state index contributed by atoms with van der Waals surface area (Å²) in [4.78, 5) is 13.8. The first-order valence-corrected chi connectivity index (χ1v) is 12.0. The molecule has 0 aliphatic carbocycles. The fraction of sp³-hybridized carbons (Fsp3) is 0.519. The van der Waals surface area contributed by atoms with Gasteiger partial charge in [0.1, 0.15) is 0 Å². The zero-order chi connectivity index (χ0) is 27.3. The first kappa shape index (κ1) is 27.4. The Morgan fingerprint density at radius 1 is 1.00 bits per heavy atom. The molecule has 1 amide bonds. The standard InChI is InChI=1S/C27H29F6NO3/c1-14-5-6-15(2)22(7-14)24-23-12-34(17(4)35)11-19(23)13-36-25(24)37-16(3)18-8-20(26(28,29)30)10-21(9-18)27(31,32)33/h5-10,16,19,23-25H,11-13H2,1-4H3/t16-,19+,23-,24+,25-/m1/s1. The van der Waals surface area contributed by atoms with E-state index in [9.17, 15) is 31.1 Å². The highest BCUT2D eigenvalue weighted by atomic mass is 19.4. The van der Waals surface area contributed by atoms with Crippen LogP contribution in [-0.2, 0) is 26.6 Å². The van der Waals surface area contributed by atoms with Crippen LogP contribution in [0.1, 0.15) is 59.3 Å². The van der Waals surface area contributed by atoms with Gasteiger partial charge in [0.05, 0.1) is 23.8 Å². The van der Waals surface area contributed by atoms with Crippen LogP contribution in [0.3, 0.4) is 0 Å². The highest BCUT2D eigenvalue weighted by Gasteiger charge is 2.48. The average Bonchev–Trinajstić information content (AvgIpc) is 3.24. The molecule has 2 aliphatic rings. The summed E-state index contributed by atoms with van der Waals surface area (Å²) in [5.74, 6) is -0.432. The minimum absolute atomic E-state index is 0.0364. The van der Waals surface area contributed by atoms with Gasteiger partial charge in [-0.2, -0.15) is 26.3 Å². The molecule has 2 saturated heterocycles. The molecule has 10 heteroatoms. The van der Waals surface area contributed by atoms with E-state index in [-0.39, 0.29) is 41.9 Å². The smallest absolute Gasteiger partial charge is 0.352 e. The molecule has 202 valence electrons. The van der Waals surface area contributed by atoms with Crippen molar-refractivity contribution >= 4 is 5.91 Å². The number of hydrogen-bond acceptors (Lipinski definition) is 3. The van der Waals surface area contributed by atoms with Crippen molar-refractivity contribution in [3.05, 3.63) is 69.8 Å². The lowest BCUT2D eigenvalue weighted by atomic mass is 9.76.